The first-order chi connectivity index (χ1) is 8.74. The predicted molar refractivity (Wildman–Crippen MR) is 70.4 cm³/mol. The lowest BCUT2D eigenvalue weighted by atomic mass is 10.2. The third-order valence-corrected chi connectivity index (χ3v) is 3.27. The van der Waals surface area contributed by atoms with E-state index in [1.165, 1.54) is 0 Å². The molecule has 0 aliphatic carbocycles. The van der Waals surface area contributed by atoms with E-state index in [-0.39, 0.29) is 5.88 Å². The molecule has 4 heteroatoms. The van der Waals surface area contributed by atoms with Crippen molar-refractivity contribution in [1.29, 1.82) is 0 Å². The van der Waals surface area contributed by atoms with Crippen LogP contribution in [0.2, 0.25) is 0 Å². The van der Waals surface area contributed by atoms with Crippen LogP contribution in [0.4, 0.5) is 0 Å². The molecule has 3 aromatic rings. The molecule has 18 heavy (non-hydrogen) atoms. The second-order valence-electron chi connectivity index (χ2n) is 3.94. The fraction of sp³-hybridized carbons (Fsp3) is 0. The number of fused-ring (bicyclic) bond motifs is 1. The van der Waals surface area contributed by atoms with Crippen LogP contribution in [0.5, 0.6) is 5.88 Å². The Hall–Kier alpha value is -1.94. The zero-order chi connectivity index (χ0) is 12.5. The van der Waals surface area contributed by atoms with Gasteiger partial charge in [-0.2, -0.15) is 0 Å². The van der Waals surface area contributed by atoms with Gasteiger partial charge in [-0.15, -0.1) is 0 Å². The van der Waals surface area contributed by atoms with E-state index in [2.05, 4.69) is 21.0 Å². The number of halogens is 1. The van der Waals surface area contributed by atoms with Crippen molar-refractivity contribution in [2.75, 3.05) is 0 Å². The normalized spacial score (nSPS) is 10.7. The zero-order valence-corrected chi connectivity index (χ0v) is 11.0. The van der Waals surface area contributed by atoms with Crippen LogP contribution in [0.1, 0.15) is 0 Å². The molecule has 0 radical (unpaired) electrons. The van der Waals surface area contributed by atoms with Crippen LogP contribution in [0.25, 0.3) is 16.5 Å². The number of rotatable bonds is 1. The standard InChI is InChI=1S/C14H9BrN2O/c15-11-5-7-12(8-6-11)17-9-10-3-1-2-4-13(10)14(18)16-17/h1-9H. The van der Waals surface area contributed by atoms with Crippen LogP contribution in [0, 0.1) is 0 Å². The van der Waals surface area contributed by atoms with Gasteiger partial charge in [-0.05, 0) is 23.3 Å². The predicted octanol–water partition coefficient (Wildman–Crippen LogP) is 2.35. The van der Waals surface area contributed by atoms with E-state index in [4.69, 9.17) is 0 Å². The number of nitrogens with zero attached hydrogens (tertiary/aromatic N) is 2. The van der Waals surface area contributed by atoms with Gasteiger partial charge in [0.2, 0.25) is 11.9 Å². The lowest BCUT2D eigenvalue weighted by molar-refractivity contribution is -0.663. The summed E-state index contributed by atoms with van der Waals surface area (Å²) in [5.41, 5.74) is 0.862. The lowest BCUT2D eigenvalue weighted by Gasteiger charge is -2.05. The molecular weight excluding hydrogens is 292 g/mol. The summed E-state index contributed by atoms with van der Waals surface area (Å²) in [6.07, 6.45) is 1.86. The van der Waals surface area contributed by atoms with Gasteiger partial charge < -0.3 is 5.11 Å². The van der Waals surface area contributed by atoms with E-state index in [0.29, 0.717) is 5.39 Å². The highest BCUT2D eigenvalue weighted by atomic mass is 79.9. The van der Waals surface area contributed by atoms with Crippen molar-refractivity contribution in [2.45, 2.75) is 0 Å². The second-order valence-corrected chi connectivity index (χ2v) is 4.86. The topological polar surface area (TPSA) is 39.8 Å². The van der Waals surface area contributed by atoms with Crippen molar-refractivity contribution in [2.24, 2.45) is 0 Å². The average molecular weight is 301 g/mol. The van der Waals surface area contributed by atoms with E-state index < -0.39 is 0 Å². The highest BCUT2D eigenvalue weighted by Gasteiger charge is 2.09. The third kappa shape index (κ3) is 1.95. The molecule has 0 aliphatic heterocycles. The summed E-state index contributed by atoms with van der Waals surface area (Å²) < 4.78 is 2.60. The van der Waals surface area contributed by atoms with Crippen LogP contribution in [-0.2, 0) is 0 Å². The first-order valence-electron chi connectivity index (χ1n) is 5.49. The molecule has 2 aromatic carbocycles. The molecule has 0 saturated carbocycles. The number of hydrogen-bond acceptors (Lipinski definition) is 2. The fourth-order valence-electron chi connectivity index (χ4n) is 1.84. The van der Waals surface area contributed by atoms with E-state index in [1.807, 2.05) is 48.7 Å². The van der Waals surface area contributed by atoms with Gasteiger partial charge in [0.15, 0.2) is 0 Å². The van der Waals surface area contributed by atoms with Crippen molar-refractivity contribution in [3.8, 4) is 11.6 Å². The van der Waals surface area contributed by atoms with Gasteiger partial charge in [-0.25, -0.2) is 0 Å². The Morgan fingerprint density at radius 2 is 1.72 bits per heavy atom. The average Bonchev–Trinajstić information content (AvgIpc) is 2.39. The van der Waals surface area contributed by atoms with Crippen molar-refractivity contribution < 1.29 is 9.79 Å². The molecule has 0 spiro atoms. The quantitative estimate of drug-likeness (QED) is 0.647. The Labute approximate surface area is 112 Å². The highest BCUT2D eigenvalue weighted by Crippen LogP contribution is 2.18. The summed E-state index contributed by atoms with van der Waals surface area (Å²) in [6, 6.07) is 15.1. The number of hydrogen-bond donors (Lipinski definition) is 0. The highest BCUT2D eigenvalue weighted by molar-refractivity contribution is 9.10. The molecule has 0 aliphatic rings. The van der Waals surface area contributed by atoms with Gasteiger partial charge in [0, 0.05) is 27.4 Å². The molecule has 0 amide bonds. The molecule has 0 N–H and O–H groups in total. The van der Waals surface area contributed by atoms with Gasteiger partial charge in [-0.1, -0.05) is 38.8 Å². The minimum Gasteiger partial charge on any atom is -0.854 e. The zero-order valence-electron chi connectivity index (χ0n) is 9.38. The van der Waals surface area contributed by atoms with Crippen LogP contribution < -0.4 is 9.79 Å². The van der Waals surface area contributed by atoms with Crippen molar-refractivity contribution >= 4 is 26.7 Å². The van der Waals surface area contributed by atoms with Gasteiger partial charge in [0.05, 0.1) is 5.88 Å². The van der Waals surface area contributed by atoms with Gasteiger partial charge in [-0.3, -0.25) is 0 Å². The van der Waals surface area contributed by atoms with Crippen LogP contribution in [-0.4, -0.2) is 5.10 Å². The van der Waals surface area contributed by atoms with Gasteiger partial charge in [0.1, 0.15) is 0 Å². The summed E-state index contributed by atoms with van der Waals surface area (Å²) in [5.74, 6) is -0.212. The summed E-state index contributed by atoms with van der Waals surface area (Å²) in [5, 5.41) is 17.5. The smallest absolute Gasteiger partial charge is 0.238 e. The molecule has 3 rings (SSSR count). The molecule has 1 aromatic heterocycles. The van der Waals surface area contributed by atoms with E-state index in [0.717, 1.165) is 15.5 Å². The first-order valence-corrected chi connectivity index (χ1v) is 6.28. The molecule has 88 valence electrons. The maximum Gasteiger partial charge on any atom is 0.238 e. The summed E-state index contributed by atoms with van der Waals surface area (Å²) in [7, 11) is 0. The molecule has 0 saturated heterocycles. The Morgan fingerprint density at radius 1 is 1.00 bits per heavy atom. The first kappa shape index (κ1) is 11.2. The Balaban J connectivity index is 2.21. The minimum absolute atomic E-state index is 0.212. The number of benzene rings is 2. The Morgan fingerprint density at radius 3 is 2.50 bits per heavy atom. The Kier molecular flexibility index (Phi) is 2.72. The van der Waals surface area contributed by atoms with Crippen LogP contribution in [0.15, 0.2) is 59.2 Å². The largest absolute Gasteiger partial charge is 0.854 e. The number of aromatic nitrogens is 2. The maximum atomic E-state index is 11.9. The van der Waals surface area contributed by atoms with Gasteiger partial charge >= 0.3 is 0 Å². The summed E-state index contributed by atoms with van der Waals surface area (Å²) >= 11 is 3.38. The fourth-order valence-corrected chi connectivity index (χ4v) is 2.11. The summed E-state index contributed by atoms with van der Waals surface area (Å²) in [6.45, 7) is 0. The van der Waals surface area contributed by atoms with Crippen LogP contribution >= 0.6 is 15.9 Å². The summed E-state index contributed by atoms with van der Waals surface area (Å²) in [4.78, 5) is 0. The molecule has 1 heterocycles. The maximum absolute atomic E-state index is 11.9. The van der Waals surface area contributed by atoms with E-state index in [1.54, 1.807) is 10.7 Å². The molecule has 0 fully saturated rings. The molecule has 3 nitrogen and oxygen atoms in total. The van der Waals surface area contributed by atoms with E-state index in [9.17, 15) is 5.11 Å². The van der Waals surface area contributed by atoms with Crippen molar-refractivity contribution in [1.82, 2.24) is 5.10 Å². The van der Waals surface area contributed by atoms with Crippen molar-refractivity contribution in [3.63, 3.8) is 0 Å². The van der Waals surface area contributed by atoms with Gasteiger partial charge in [0.25, 0.3) is 0 Å². The SMILES string of the molecule is [O-]c1n[n+](-c2ccc(Br)cc2)cc2ccccc12. The molecule has 0 bridgehead atoms. The third-order valence-electron chi connectivity index (χ3n) is 2.74. The lowest BCUT2D eigenvalue weighted by Crippen LogP contribution is -2.35. The molecule has 0 atom stereocenters. The molecular formula is C14H9BrN2O. The van der Waals surface area contributed by atoms with E-state index >= 15 is 0 Å². The Bertz CT molecular complexity index is 711. The molecule has 0 unspecified atom stereocenters. The monoisotopic (exact) mass is 300 g/mol. The second kappa shape index (κ2) is 4.38. The van der Waals surface area contributed by atoms with Crippen molar-refractivity contribution in [3.05, 3.63) is 59.2 Å². The van der Waals surface area contributed by atoms with Crippen LogP contribution in [0.3, 0.4) is 0 Å². The minimum atomic E-state index is -0.212.